The van der Waals surface area contributed by atoms with E-state index in [9.17, 15) is 9.59 Å². The van der Waals surface area contributed by atoms with Crippen LogP contribution in [0, 0.1) is 6.92 Å². The summed E-state index contributed by atoms with van der Waals surface area (Å²) in [6, 6.07) is 15.8. The summed E-state index contributed by atoms with van der Waals surface area (Å²) in [7, 11) is 0. The zero-order chi connectivity index (χ0) is 22.2. The average molecular weight is 425 g/mol. The maximum atomic E-state index is 12.5. The van der Waals surface area contributed by atoms with Crippen LogP contribution in [0.2, 0.25) is 0 Å². The molecule has 0 atom stereocenters. The number of amides is 2. The Bertz CT molecular complexity index is 869. The van der Waals surface area contributed by atoms with Crippen LogP contribution < -0.4 is 15.1 Å². The van der Waals surface area contributed by atoms with Gasteiger partial charge in [0.2, 0.25) is 0 Å². The Kier molecular flexibility index (Phi) is 8.20. The minimum atomic E-state index is 0.0263. The van der Waals surface area contributed by atoms with E-state index >= 15 is 0 Å². The number of carbonyl (C=O) groups is 2. The molecule has 2 aromatic rings. The summed E-state index contributed by atoms with van der Waals surface area (Å²) in [5.41, 5.74) is 4.17. The summed E-state index contributed by atoms with van der Waals surface area (Å²) in [5.74, 6) is 0.0542. The van der Waals surface area contributed by atoms with Gasteiger partial charge in [0.15, 0.2) is 6.54 Å². The number of hydrogen-bond acceptors (Lipinski definition) is 2. The first kappa shape index (κ1) is 23.0. The molecule has 1 aliphatic rings. The maximum Gasteiger partial charge on any atom is 0.279 e. The lowest BCUT2D eigenvalue weighted by Gasteiger charge is -2.29. The number of nitrogens with one attached hydrogen (secondary N) is 3. The van der Waals surface area contributed by atoms with Crippen molar-refractivity contribution >= 4 is 17.5 Å². The molecular weight excluding hydrogens is 388 g/mol. The topological polar surface area (TPSA) is 58.3 Å². The third-order valence-electron chi connectivity index (χ3n) is 6.24. The highest BCUT2D eigenvalue weighted by Crippen LogP contribution is 2.11. The number of piperazine rings is 1. The fourth-order valence-corrected chi connectivity index (χ4v) is 4.21. The van der Waals surface area contributed by atoms with E-state index in [0.29, 0.717) is 25.2 Å². The Hall–Kier alpha value is -2.70. The van der Waals surface area contributed by atoms with Gasteiger partial charge in [0.05, 0.1) is 0 Å². The Morgan fingerprint density at radius 3 is 2.13 bits per heavy atom. The molecule has 2 amide bonds. The zero-order valence-electron chi connectivity index (χ0n) is 19.0. The minimum Gasteiger partial charge on any atom is -0.339 e. The van der Waals surface area contributed by atoms with E-state index in [1.807, 2.05) is 26.0 Å². The third-order valence-corrected chi connectivity index (χ3v) is 6.24. The number of carbonyl (C=O) groups excluding carboxylic acids is 2. The van der Waals surface area contributed by atoms with Gasteiger partial charge in [0, 0.05) is 29.9 Å². The molecule has 1 fully saturated rings. The number of benzene rings is 2. The zero-order valence-corrected chi connectivity index (χ0v) is 19.0. The lowest BCUT2D eigenvalue weighted by molar-refractivity contribution is -1.02. The van der Waals surface area contributed by atoms with E-state index in [1.165, 1.54) is 16.0 Å². The van der Waals surface area contributed by atoms with Crippen LogP contribution in [0.25, 0.3) is 0 Å². The van der Waals surface area contributed by atoms with Crippen LogP contribution in [0.1, 0.15) is 35.3 Å². The molecule has 1 heterocycles. The summed E-state index contributed by atoms with van der Waals surface area (Å²) in [6.07, 6.45) is 0. The Labute approximate surface area is 185 Å². The first-order valence-corrected chi connectivity index (χ1v) is 11.4. The van der Waals surface area contributed by atoms with Crippen molar-refractivity contribution in [2.75, 3.05) is 51.1 Å². The van der Waals surface area contributed by atoms with Gasteiger partial charge in [-0.2, -0.15) is 0 Å². The number of hydrogen-bond donors (Lipinski definition) is 3. The largest absolute Gasteiger partial charge is 0.339 e. The molecule has 0 aromatic heterocycles. The Morgan fingerprint density at radius 2 is 1.52 bits per heavy atom. The van der Waals surface area contributed by atoms with Crippen molar-refractivity contribution in [1.82, 2.24) is 4.90 Å². The highest BCUT2D eigenvalue weighted by molar-refractivity contribution is 5.96. The number of quaternary nitrogens is 2. The molecule has 2 aromatic carbocycles. The van der Waals surface area contributed by atoms with Crippen LogP contribution in [-0.2, 0) is 11.3 Å². The molecule has 0 spiro atoms. The van der Waals surface area contributed by atoms with Gasteiger partial charge in [-0.05, 0) is 50.6 Å². The number of aryl methyl sites for hydroxylation is 1. The molecule has 3 rings (SSSR count). The Balaban J connectivity index is 1.44. The summed E-state index contributed by atoms with van der Waals surface area (Å²) < 4.78 is 0. The van der Waals surface area contributed by atoms with Crippen molar-refractivity contribution in [3.05, 3.63) is 65.2 Å². The Morgan fingerprint density at radius 1 is 0.903 bits per heavy atom. The molecule has 0 radical (unpaired) electrons. The predicted octanol–water partition coefficient (Wildman–Crippen LogP) is 0.399. The highest BCUT2D eigenvalue weighted by Gasteiger charge is 2.25. The molecule has 166 valence electrons. The summed E-state index contributed by atoms with van der Waals surface area (Å²) in [5, 5.41) is 2.98. The molecule has 31 heavy (non-hydrogen) atoms. The fraction of sp³-hybridized carbons (Fsp3) is 0.440. The quantitative estimate of drug-likeness (QED) is 0.575. The normalized spacial score (nSPS) is 18.4. The molecule has 1 aliphatic heterocycles. The molecule has 0 bridgehead atoms. The number of rotatable bonds is 8. The highest BCUT2D eigenvalue weighted by atomic mass is 16.2. The number of nitrogens with zero attached hydrogens (tertiary/aromatic N) is 1. The maximum absolute atomic E-state index is 12.5. The van der Waals surface area contributed by atoms with E-state index in [-0.39, 0.29) is 11.8 Å². The predicted molar refractivity (Wildman–Crippen MR) is 123 cm³/mol. The molecular formula is C25H36N4O2+2. The smallest absolute Gasteiger partial charge is 0.279 e. The van der Waals surface area contributed by atoms with Gasteiger partial charge in [0.25, 0.3) is 11.8 Å². The van der Waals surface area contributed by atoms with Crippen molar-refractivity contribution in [2.45, 2.75) is 27.3 Å². The second-order valence-corrected chi connectivity index (χ2v) is 8.38. The van der Waals surface area contributed by atoms with Crippen LogP contribution >= 0.6 is 0 Å². The van der Waals surface area contributed by atoms with E-state index in [1.54, 1.807) is 21.9 Å². The van der Waals surface area contributed by atoms with Crippen molar-refractivity contribution in [3.8, 4) is 0 Å². The molecule has 6 heteroatoms. The van der Waals surface area contributed by atoms with Gasteiger partial charge in [-0.3, -0.25) is 9.59 Å². The van der Waals surface area contributed by atoms with Gasteiger partial charge in [-0.15, -0.1) is 0 Å². The summed E-state index contributed by atoms with van der Waals surface area (Å²) >= 11 is 0. The lowest BCUT2D eigenvalue weighted by Crippen LogP contribution is -3.28. The average Bonchev–Trinajstić information content (AvgIpc) is 2.78. The molecule has 0 aliphatic carbocycles. The second-order valence-electron chi connectivity index (χ2n) is 8.38. The van der Waals surface area contributed by atoms with Gasteiger partial charge < -0.3 is 20.0 Å². The van der Waals surface area contributed by atoms with Crippen LogP contribution in [0.3, 0.4) is 0 Å². The number of anilines is 1. The second kappa shape index (κ2) is 11.1. The fourth-order valence-electron chi connectivity index (χ4n) is 4.21. The van der Waals surface area contributed by atoms with Crippen LogP contribution in [0.5, 0.6) is 0 Å². The monoisotopic (exact) mass is 424 g/mol. The van der Waals surface area contributed by atoms with Crippen LogP contribution in [0.4, 0.5) is 5.69 Å². The molecule has 0 saturated carbocycles. The van der Waals surface area contributed by atoms with Gasteiger partial charge in [0.1, 0.15) is 32.7 Å². The van der Waals surface area contributed by atoms with E-state index < -0.39 is 0 Å². The molecule has 6 nitrogen and oxygen atoms in total. The van der Waals surface area contributed by atoms with Gasteiger partial charge >= 0.3 is 0 Å². The van der Waals surface area contributed by atoms with Gasteiger partial charge in [-0.1, -0.05) is 24.3 Å². The molecule has 1 saturated heterocycles. The molecule has 0 unspecified atom stereocenters. The van der Waals surface area contributed by atoms with E-state index in [4.69, 9.17) is 0 Å². The molecule has 3 N–H and O–H groups in total. The third kappa shape index (κ3) is 6.39. The SMILES string of the molecule is CCN(CC)C(=O)c1ccc(NC(=O)C[NH+]2CC[NH+](Cc3ccccc3C)CC2)cc1. The van der Waals surface area contributed by atoms with Crippen molar-refractivity contribution in [2.24, 2.45) is 0 Å². The first-order chi connectivity index (χ1) is 15.0. The van der Waals surface area contributed by atoms with E-state index in [2.05, 4.69) is 36.5 Å². The van der Waals surface area contributed by atoms with Crippen LogP contribution in [0.15, 0.2) is 48.5 Å². The van der Waals surface area contributed by atoms with Gasteiger partial charge in [-0.25, -0.2) is 0 Å². The standard InChI is InChI=1S/C25H34N4O2/c1-4-29(5-2)25(31)21-10-12-23(13-11-21)26-24(30)19-28-16-14-27(15-17-28)18-22-9-7-6-8-20(22)3/h6-13H,4-5,14-19H2,1-3H3,(H,26,30)/p+2. The first-order valence-electron chi connectivity index (χ1n) is 11.4. The van der Waals surface area contributed by atoms with Crippen LogP contribution in [-0.4, -0.2) is 62.5 Å². The van der Waals surface area contributed by atoms with Crippen molar-refractivity contribution in [1.29, 1.82) is 0 Å². The summed E-state index contributed by atoms with van der Waals surface area (Å²) in [6.45, 7) is 13.2. The van der Waals surface area contributed by atoms with Crippen molar-refractivity contribution in [3.63, 3.8) is 0 Å². The van der Waals surface area contributed by atoms with Crippen molar-refractivity contribution < 1.29 is 19.4 Å². The van der Waals surface area contributed by atoms with E-state index in [0.717, 1.165) is 38.4 Å². The lowest BCUT2D eigenvalue weighted by atomic mass is 10.1. The summed E-state index contributed by atoms with van der Waals surface area (Å²) in [4.78, 5) is 29.6. The minimum absolute atomic E-state index is 0.0263.